The van der Waals surface area contributed by atoms with E-state index in [1.165, 1.54) is 5.56 Å². The van der Waals surface area contributed by atoms with Crippen LogP contribution in [0, 0.1) is 5.92 Å². The van der Waals surface area contributed by atoms with E-state index in [1.807, 2.05) is 18.2 Å². The Labute approximate surface area is 88.5 Å². The molecular weight excluding hydrogens is 190 g/mol. The second-order valence-corrected chi connectivity index (χ2v) is 3.98. The van der Waals surface area contributed by atoms with Crippen LogP contribution >= 0.6 is 0 Å². The smallest absolute Gasteiger partial charge is 0.284 e. The summed E-state index contributed by atoms with van der Waals surface area (Å²) in [4.78, 5) is 21.3. The Morgan fingerprint density at radius 3 is 2.93 bits per heavy atom. The molecule has 0 bridgehead atoms. The average molecular weight is 203 g/mol. The van der Waals surface area contributed by atoms with Crippen molar-refractivity contribution in [2.24, 2.45) is 5.92 Å². The highest BCUT2D eigenvalue weighted by Crippen LogP contribution is 2.35. The van der Waals surface area contributed by atoms with Crippen LogP contribution in [0.15, 0.2) is 24.3 Å². The van der Waals surface area contributed by atoms with Crippen molar-refractivity contribution >= 4 is 12.2 Å². The summed E-state index contributed by atoms with van der Waals surface area (Å²) in [5.41, 5.74) is 2.40. The van der Waals surface area contributed by atoms with Gasteiger partial charge in [-0.1, -0.05) is 31.2 Å². The molecular formula is C12H13NO2. The summed E-state index contributed by atoms with van der Waals surface area (Å²) in [6, 6.07) is 8.01. The van der Waals surface area contributed by atoms with Crippen LogP contribution in [-0.4, -0.2) is 12.2 Å². The summed E-state index contributed by atoms with van der Waals surface area (Å²) in [5, 5.41) is 2.73. The lowest BCUT2D eigenvalue weighted by molar-refractivity contribution is -0.132. The molecule has 0 aliphatic heterocycles. The number of aldehydes is 1. The number of benzene rings is 1. The third-order valence-electron chi connectivity index (χ3n) is 2.91. The molecule has 1 N–H and O–H groups in total. The van der Waals surface area contributed by atoms with Crippen LogP contribution in [0.25, 0.3) is 0 Å². The van der Waals surface area contributed by atoms with Gasteiger partial charge in [0, 0.05) is 0 Å². The second kappa shape index (κ2) is 3.85. The van der Waals surface area contributed by atoms with Crippen LogP contribution in [0.2, 0.25) is 0 Å². The van der Waals surface area contributed by atoms with Crippen molar-refractivity contribution in [3.8, 4) is 0 Å². The van der Waals surface area contributed by atoms with Crippen LogP contribution < -0.4 is 5.32 Å². The summed E-state index contributed by atoms with van der Waals surface area (Å²) in [6.45, 7) is 2.08. The predicted molar refractivity (Wildman–Crippen MR) is 56.3 cm³/mol. The standard InChI is InChI=1S/C12H13NO2/c1-8-6-9-4-2-3-5-10(9)12(8)13-11(15)7-14/h2-5,7-8,12H,6H2,1H3,(H,13,15)/t8-,12?/m0/s1. The number of fused-ring (bicyclic) bond motifs is 1. The maximum Gasteiger partial charge on any atom is 0.284 e. The van der Waals surface area contributed by atoms with Gasteiger partial charge < -0.3 is 5.32 Å². The van der Waals surface area contributed by atoms with E-state index in [-0.39, 0.29) is 6.04 Å². The van der Waals surface area contributed by atoms with E-state index >= 15 is 0 Å². The predicted octanol–water partition coefficient (Wildman–Crippen LogP) is 1.24. The molecule has 1 aliphatic carbocycles. The number of carbonyl (C=O) groups excluding carboxylic acids is 2. The molecule has 0 saturated carbocycles. The molecule has 3 heteroatoms. The van der Waals surface area contributed by atoms with Gasteiger partial charge in [0.2, 0.25) is 6.29 Å². The molecule has 0 aromatic heterocycles. The Morgan fingerprint density at radius 2 is 2.20 bits per heavy atom. The van der Waals surface area contributed by atoms with Crippen molar-refractivity contribution in [2.75, 3.05) is 0 Å². The lowest BCUT2D eigenvalue weighted by atomic mass is 10.0. The third kappa shape index (κ3) is 1.77. The van der Waals surface area contributed by atoms with Crippen LogP contribution in [0.5, 0.6) is 0 Å². The molecule has 0 saturated heterocycles. The van der Waals surface area contributed by atoms with Crippen LogP contribution in [0.3, 0.4) is 0 Å². The summed E-state index contributed by atoms with van der Waals surface area (Å²) in [7, 11) is 0. The van der Waals surface area contributed by atoms with Crippen molar-refractivity contribution in [1.82, 2.24) is 5.32 Å². The summed E-state index contributed by atoms with van der Waals surface area (Å²) in [5.74, 6) is -0.185. The van der Waals surface area contributed by atoms with Gasteiger partial charge in [0.1, 0.15) is 0 Å². The number of hydrogen-bond donors (Lipinski definition) is 1. The van der Waals surface area contributed by atoms with E-state index in [1.54, 1.807) is 0 Å². The van der Waals surface area contributed by atoms with E-state index in [0.717, 1.165) is 12.0 Å². The molecule has 1 amide bonds. The van der Waals surface area contributed by atoms with E-state index < -0.39 is 5.91 Å². The van der Waals surface area contributed by atoms with Gasteiger partial charge in [-0.3, -0.25) is 9.59 Å². The number of hydrogen-bond acceptors (Lipinski definition) is 2. The summed E-state index contributed by atoms with van der Waals surface area (Å²) in [6.07, 6.45) is 1.29. The molecule has 0 radical (unpaired) electrons. The summed E-state index contributed by atoms with van der Waals surface area (Å²) < 4.78 is 0. The lowest BCUT2D eigenvalue weighted by Gasteiger charge is -2.16. The lowest BCUT2D eigenvalue weighted by Crippen LogP contribution is -2.31. The zero-order valence-corrected chi connectivity index (χ0v) is 8.57. The van der Waals surface area contributed by atoms with Gasteiger partial charge in [-0.05, 0) is 23.5 Å². The molecule has 0 spiro atoms. The molecule has 0 fully saturated rings. The van der Waals surface area contributed by atoms with Gasteiger partial charge >= 0.3 is 0 Å². The number of rotatable bonds is 2. The Kier molecular flexibility index (Phi) is 2.54. The minimum atomic E-state index is -0.538. The van der Waals surface area contributed by atoms with Gasteiger partial charge in [-0.2, -0.15) is 0 Å². The van der Waals surface area contributed by atoms with Crippen LogP contribution in [0.1, 0.15) is 24.1 Å². The van der Waals surface area contributed by atoms with Crippen LogP contribution in [0.4, 0.5) is 0 Å². The number of amides is 1. The first kappa shape index (κ1) is 9.90. The molecule has 2 rings (SSSR count). The monoisotopic (exact) mass is 203 g/mol. The highest BCUT2D eigenvalue weighted by atomic mass is 16.2. The van der Waals surface area contributed by atoms with Crippen molar-refractivity contribution in [3.05, 3.63) is 35.4 Å². The molecule has 1 unspecified atom stereocenters. The zero-order valence-electron chi connectivity index (χ0n) is 8.57. The van der Waals surface area contributed by atoms with Gasteiger partial charge in [-0.15, -0.1) is 0 Å². The summed E-state index contributed by atoms with van der Waals surface area (Å²) >= 11 is 0. The van der Waals surface area contributed by atoms with Gasteiger partial charge in [-0.25, -0.2) is 0 Å². The van der Waals surface area contributed by atoms with E-state index in [0.29, 0.717) is 12.2 Å². The Bertz CT molecular complexity index is 400. The normalized spacial score (nSPS) is 23.3. The molecule has 1 aromatic carbocycles. The minimum absolute atomic E-state index is 0.0149. The van der Waals surface area contributed by atoms with E-state index in [4.69, 9.17) is 0 Å². The average Bonchev–Trinajstić information content (AvgIpc) is 2.55. The second-order valence-electron chi connectivity index (χ2n) is 3.98. The van der Waals surface area contributed by atoms with Crippen molar-refractivity contribution in [1.29, 1.82) is 0 Å². The first-order valence-electron chi connectivity index (χ1n) is 5.06. The van der Waals surface area contributed by atoms with E-state index in [9.17, 15) is 9.59 Å². The third-order valence-corrected chi connectivity index (χ3v) is 2.91. The maximum absolute atomic E-state index is 11.0. The fourth-order valence-corrected chi connectivity index (χ4v) is 2.20. The molecule has 2 atom stereocenters. The Hall–Kier alpha value is -1.64. The first-order valence-corrected chi connectivity index (χ1v) is 5.06. The number of nitrogens with one attached hydrogen (secondary N) is 1. The van der Waals surface area contributed by atoms with E-state index in [2.05, 4.69) is 18.3 Å². The zero-order chi connectivity index (χ0) is 10.8. The quantitative estimate of drug-likeness (QED) is 0.580. The highest BCUT2D eigenvalue weighted by Gasteiger charge is 2.29. The Balaban J connectivity index is 2.25. The number of carbonyl (C=O) groups is 2. The molecule has 3 nitrogen and oxygen atoms in total. The molecule has 1 aromatic rings. The van der Waals surface area contributed by atoms with Crippen molar-refractivity contribution in [3.63, 3.8) is 0 Å². The first-order chi connectivity index (χ1) is 7.22. The van der Waals surface area contributed by atoms with Crippen molar-refractivity contribution in [2.45, 2.75) is 19.4 Å². The van der Waals surface area contributed by atoms with Crippen LogP contribution in [-0.2, 0) is 16.0 Å². The molecule has 1 aliphatic rings. The Morgan fingerprint density at radius 1 is 1.47 bits per heavy atom. The highest BCUT2D eigenvalue weighted by molar-refractivity contribution is 6.23. The van der Waals surface area contributed by atoms with Crippen molar-refractivity contribution < 1.29 is 9.59 Å². The topological polar surface area (TPSA) is 46.2 Å². The fraction of sp³-hybridized carbons (Fsp3) is 0.333. The van der Waals surface area contributed by atoms with Gasteiger partial charge in [0.25, 0.3) is 5.91 Å². The van der Waals surface area contributed by atoms with Gasteiger partial charge in [0.15, 0.2) is 0 Å². The minimum Gasteiger partial charge on any atom is -0.343 e. The molecule has 78 valence electrons. The SMILES string of the molecule is C[C@H]1Cc2ccccc2C1NC(=O)C=O. The fourth-order valence-electron chi connectivity index (χ4n) is 2.20. The maximum atomic E-state index is 11.0. The molecule has 15 heavy (non-hydrogen) atoms. The largest absolute Gasteiger partial charge is 0.343 e. The van der Waals surface area contributed by atoms with Gasteiger partial charge in [0.05, 0.1) is 6.04 Å². The molecule has 0 heterocycles.